The van der Waals surface area contributed by atoms with Gasteiger partial charge in [-0.1, -0.05) is 30.5 Å². The molecule has 0 saturated heterocycles. The number of aryl methyl sites for hydroxylation is 3. The molecule has 0 spiro atoms. The van der Waals surface area contributed by atoms with Crippen molar-refractivity contribution in [3.63, 3.8) is 0 Å². The largest absolute Gasteiger partial charge is 0.302 e. The molecule has 3 heteroatoms. The monoisotopic (exact) mass is 289 g/mol. The summed E-state index contributed by atoms with van der Waals surface area (Å²) in [4.78, 5) is 2.39. The third-order valence-electron chi connectivity index (χ3n) is 5.46. The van der Waals surface area contributed by atoms with E-state index in [1.165, 1.54) is 47.9 Å². The molecule has 118 valence electrons. The summed E-state index contributed by atoms with van der Waals surface area (Å²) in [6, 6.07) is 4.87. The summed E-state index contributed by atoms with van der Waals surface area (Å²) in [5.74, 6) is 5.98. The van der Waals surface area contributed by atoms with Gasteiger partial charge in [-0.15, -0.1) is 0 Å². The Morgan fingerprint density at radius 3 is 2.10 bits per heavy atom. The lowest BCUT2D eigenvalue weighted by atomic mass is 9.81. The van der Waals surface area contributed by atoms with Crippen LogP contribution in [0, 0.1) is 20.8 Å². The first kappa shape index (κ1) is 16.5. The number of nitrogens with one attached hydrogen (secondary N) is 1. The van der Waals surface area contributed by atoms with Crippen LogP contribution in [0.3, 0.4) is 0 Å². The Hall–Kier alpha value is -0.900. The van der Waals surface area contributed by atoms with Crippen LogP contribution in [0.4, 0.5) is 0 Å². The van der Waals surface area contributed by atoms with Gasteiger partial charge in [0.1, 0.15) is 0 Å². The van der Waals surface area contributed by atoms with Crippen molar-refractivity contribution in [2.45, 2.75) is 64.5 Å². The van der Waals surface area contributed by atoms with Crippen LogP contribution in [0.15, 0.2) is 12.1 Å². The van der Waals surface area contributed by atoms with Crippen LogP contribution in [-0.2, 0) is 6.42 Å². The Morgan fingerprint density at radius 2 is 1.67 bits per heavy atom. The van der Waals surface area contributed by atoms with Gasteiger partial charge in [0, 0.05) is 11.6 Å². The predicted octanol–water partition coefficient (Wildman–Crippen LogP) is 2.86. The molecule has 0 bridgehead atoms. The molecule has 21 heavy (non-hydrogen) atoms. The van der Waals surface area contributed by atoms with E-state index in [-0.39, 0.29) is 5.54 Å². The molecule has 1 aromatic carbocycles. The number of nitrogens with zero attached hydrogens (tertiary/aromatic N) is 1. The van der Waals surface area contributed by atoms with Gasteiger partial charge in [-0.25, -0.2) is 0 Å². The van der Waals surface area contributed by atoms with Gasteiger partial charge in [0.2, 0.25) is 0 Å². The molecular formula is C18H31N3. The van der Waals surface area contributed by atoms with Crippen molar-refractivity contribution < 1.29 is 0 Å². The Bertz CT molecular complexity index is 464. The fourth-order valence-corrected chi connectivity index (χ4v) is 4.23. The lowest BCUT2D eigenvalue weighted by Gasteiger charge is -2.43. The SMILES string of the molecule is Cc1cc(C)c(CC(NN)C2(N(C)C)CCCC2)c(C)c1. The van der Waals surface area contributed by atoms with Crippen molar-refractivity contribution in [2.24, 2.45) is 5.84 Å². The summed E-state index contributed by atoms with van der Waals surface area (Å²) >= 11 is 0. The van der Waals surface area contributed by atoms with Gasteiger partial charge in [0.05, 0.1) is 0 Å². The van der Waals surface area contributed by atoms with Gasteiger partial charge in [0.15, 0.2) is 0 Å². The Balaban J connectivity index is 2.31. The summed E-state index contributed by atoms with van der Waals surface area (Å²) in [6.07, 6.45) is 6.09. The van der Waals surface area contributed by atoms with Gasteiger partial charge >= 0.3 is 0 Å². The fraction of sp³-hybridized carbons (Fsp3) is 0.667. The van der Waals surface area contributed by atoms with E-state index in [1.54, 1.807) is 0 Å². The minimum atomic E-state index is 0.193. The van der Waals surface area contributed by atoms with E-state index in [1.807, 2.05) is 0 Å². The molecule has 0 heterocycles. The molecule has 2 rings (SSSR count). The van der Waals surface area contributed by atoms with Gasteiger partial charge in [-0.3, -0.25) is 11.3 Å². The molecule has 3 nitrogen and oxygen atoms in total. The number of nitrogens with two attached hydrogens (primary N) is 1. The third kappa shape index (κ3) is 3.15. The fourth-order valence-electron chi connectivity index (χ4n) is 4.23. The van der Waals surface area contributed by atoms with Crippen LogP contribution in [0.2, 0.25) is 0 Å². The summed E-state index contributed by atoms with van der Waals surface area (Å²) < 4.78 is 0. The van der Waals surface area contributed by atoms with Crippen molar-refractivity contribution in [3.05, 3.63) is 34.4 Å². The molecule has 1 unspecified atom stereocenters. The first-order valence-electron chi connectivity index (χ1n) is 8.11. The normalized spacial score (nSPS) is 19.2. The van der Waals surface area contributed by atoms with Gasteiger partial charge in [0.25, 0.3) is 0 Å². The maximum Gasteiger partial charge on any atom is 0.0435 e. The van der Waals surface area contributed by atoms with E-state index in [0.717, 1.165) is 6.42 Å². The molecule has 0 aromatic heterocycles. The first-order chi connectivity index (χ1) is 9.90. The van der Waals surface area contributed by atoms with E-state index >= 15 is 0 Å². The number of benzene rings is 1. The van der Waals surface area contributed by atoms with Crippen LogP contribution in [0.25, 0.3) is 0 Å². The summed E-state index contributed by atoms with van der Waals surface area (Å²) in [5, 5.41) is 0. The van der Waals surface area contributed by atoms with Crippen molar-refractivity contribution >= 4 is 0 Å². The molecule has 3 N–H and O–H groups in total. The lowest BCUT2D eigenvalue weighted by Crippen LogP contribution is -2.60. The van der Waals surface area contributed by atoms with Crippen molar-refractivity contribution in [1.82, 2.24) is 10.3 Å². The highest BCUT2D eigenvalue weighted by molar-refractivity contribution is 5.38. The first-order valence-corrected chi connectivity index (χ1v) is 8.11. The molecule has 1 aliphatic carbocycles. The molecule has 1 fully saturated rings. The van der Waals surface area contributed by atoms with E-state index in [9.17, 15) is 0 Å². The molecule has 0 amide bonds. The standard InChI is InChI=1S/C18H31N3/c1-13-10-14(2)16(15(3)11-13)12-17(20-19)18(21(4)5)8-6-7-9-18/h10-11,17,20H,6-9,12,19H2,1-5H3. The maximum absolute atomic E-state index is 5.98. The zero-order valence-electron chi connectivity index (χ0n) is 14.3. The average molecular weight is 289 g/mol. The summed E-state index contributed by atoms with van der Waals surface area (Å²) in [5.41, 5.74) is 8.91. The second kappa shape index (κ2) is 6.47. The molecule has 1 aliphatic rings. The highest BCUT2D eigenvalue weighted by Crippen LogP contribution is 2.38. The molecular weight excluding hydrogens is 258 g/mol. The van der Waals surface area contributed by atoms with Gasteiger partial charge in [-0.2, -0.15) is 0 Å². The smallest absolute Gasteiger partial charge is 0.0435 e. The minimum Gasteiger partial charge on any atom is -0.302 e. The van der Waals surface area contributed by atoms with Gasteiger partial charge in [-0.05, 0) is 70.8 Å². The number of hydrazine groups is 1. The Labute approximate surface area is 129 Å². The molecule has 1 atom stereocenters. The predicted molar refractivity (Wildman–Crippen MR) is 90.4 cm³/mol. The van der Waals surface area contributed by atoms with E-state index in [2.05, 4.69) is 57.3 Å². The van der Waals surface area contributed by atoms with Crippen molar-refractivity contribution in [2.75, 3.05) is 14.1 Å². The van der Waals surface area contributed by atoms with Crippen LogP contribution in [0.1, 0.15) is 47.9 Å². The Morgan fingerprint density at radius 1 is 1.14 bits per heavy atom. The number of likely N-dealkylation sites (N-methyl/N-ethyl adjacent to an activating group) is 1. The Kier molecular flexibility index (Phi) is 5.07. The van der Waals surface area contributed by atoms with Crippen LogP contribution in [0.5, 0.6) is 0 Å². The van der Waals surface area contributed by atoms with Crippen molar-refractivity contribution in [3.8, 4) is 0 Å². The number of hydrogen-bond acceptors (Lipinski definition) is 3. The van der Waals surface area contributed by atoms with Crippen molar-refractivity contribution in [1.29, 1.82) is 0 Å². The number of rotatable bonds is 5. The molecule has 1 aromatic rings. The highest BCUT2D eigenvalue weighted by Gasteiger charge is 2.42. The minimum absolute atomic E-state index is 0.193. The number of hydrogen-bond donors (Lipinski definition) is 2. The van der Waals surface area contributed by atoms with Crippen LogP contribution >= 0.6 is 0 Å². The quantitative estimate of drug-likeness (QED) is 0.647. The maximum atomic E-state index is 5.98. The summed E-state index contributed by atoms with van der Waals surface area (Å²) in [7, 11) is 4.40. The topological polar surface area (TPSA) is 41.3 Å². The summed E-state index contributed by atoms with van der Waals surface area (Å²) in [6.45, 7) is 6.61. The second-order valence-corrected chi connectivity index (χ2v) is 7.01. The second-order valence-electron chi connectivity index (χ2n) is 7.01. The zero-order chi connectivity index (χ0) is 15.6. The highest BCUT2D eigenvalue weighted by atomic mass is 15.3. The average Bonchev–Trinajstić information content (AvgIpc) is 2.88. The van der Waals surface area contributed by atoms with E-state index < -0.39 is 0 Å². The van der Waals surface area contributed by atoms with Crippen LogP contribution < -0.4 is 11.3 Å². The third-order valence-corrected chi connectivity index (χ3v) is 5.46. The van der Waals surface area contributed by atoms with E-state index in [4.69, 9.17) is 5.84 Å². The zero-order valence-corrected chi connectivity index (χ0v) is 14.3. The van der Waals surface area contributed by atoms with Crippen LogP contribution in [-0.4, -0.2) is 30.6 Å². The van der Waals surface area contributed by atoms with E-state index in [0.29, 0.717) is 6.04 Å². The molecule has 0 radical (unpaired) electrons. The van der Waals surface area contributed by atoms with Gasteiger partial charge < -0.3 is 4.90 Å². The molecule has 1 saturated carbocycles. The lowest BCUT2D eigenvalue weighted by molar-refractivity contribution is 0.104. The molecule has 0 aliphatic heterocycles.